The molecule has 3 rings (SSSR count). The lowest BCUT2D eigenvalue weighted by Gasteiger charge is -2.15. The Balaban J connectivity index is 1.91. The molecular weight excluding hydrogens is 415 g/mol. The van der Waals surface area contributed by atoms with Crippen molar-refractivity contribution in [2.24, 2.45) is 16.5 Å². The molecule has 8 nitrogen and oxygen atoms in total. The molecule has 1 heterocycles. The van der Waals surface area contributed by atoms with Crippen LogP contribution in [0.4, 0.5) is 0 Å². The zero-order valence-corrected chi connectivity index (χ0v) is 16.7. The van der Waals surface area contributed by atoms with E-state index in [9.17, 15) is 9.90 Å². The summed E-state index contributed by atoms with van der Waals surface area (Å²) in [5, 5.41) is 11.4. The number of hydrogen-bond donors (Lipinski definition) is 6. The van der Waals surface area contributed by atoms with Gasteiger partial charge < -0.3 is 21.6 Å². The fraction of sp³-hybridized carbons (Fsp3) is 0.158. The van der Waals surface area contributed by atoms with Gasteiger partial charge in [0.05, 0.1) is 10.0 Å². The van der Waals surface area contributed by atoms with Gasteiger partial charge in [-0.05, 0) is 35.9 Å². The Labute approximate surface area is 176 Å². The molecule has 8 N–H and O–H groups in total. The number of nitrogens with two attached hydrogens (primary N) is 2. The fourth-order valence-electron chi connectivity index (χ4n) is 2.79. The Bertz CT molecular complexity index is 1030. The highest BCUT2D eigenvalue weighted by molar-refractivity contribution is 6.38. The summed E-state index contributed by atoms with van der Waals surface area (Å²) in [6.45, 7) is 0. The number of aromatic nitrogens is 1. The molecule has 1 aromatic heterocycles. The van der Waals surface area contributed by atoms with E-state index in [1.54, 1.807) is 42.6 Å². The van der Waals surface area contributed by atoms with E-state index in [4.69, 9.17) is 34.7 Å². The molecular formula is C19H20Cl2N6O2. The lowest BCUT2D eigenvalue weighted by atomic mass is 10.0. The first-order valence-corrected chi connectivity index (χ1v) is 9.43. The van der Waals surface area contributed by atoms with Gasteiger partial charge in [-0.2, -0.15) is 0 Å². The second-order valence-electron chi connectivity index (χ2n) is 6.34. The van der Waals surface area contributed by atoms with E-state index < -0.39 is 18.2 Å². The van der Waals surface area contributed by atoms with Crippen molar-refractivity contribution in [1.82, 2.24) is 15.8 Å². The number of aromatic amines is 1. The molecule has 0 aliphatic carbocycles. The largest absolute Gasteiger partial charge is 0.508 e. The number of aromatic hydroxyl groups is 1. The highest BCUT2D eigenvalue weighted by Gasteiger charge is 2.20. The van der Waals surface area contributed by atoms with Gasteiger partial charge in [0.15, 0.2) is 0 Å². The summed E-state index contributed by atoms with van der Waals surface area (Å²) in [5.74, 6) is -0.318. The molecule has 0 aliphatic heterocycles. The standard InChI is InChI=1S/C19H20Cl2N6O2/c20-14-2-1-3-15(21)13(14)9-25-17(18(29)26-27-19(22)23)6-10-8-24-16-5-4-11(28)7-12(10)16/h1-5,7-9,17,19,24,27-28H,6,22-23H2,(H,26,29). The summed E-state index contributed by atoms with van der Waals surface area (Å²) < 4.78 is 0. The molecule has 2 aromatic carbocycles. The van der Waals surface area contributed by atoms with E-state index in [-0.39, 0.29) is 12.2 Å². The van der Waals surface area contributed by atoms with Crippen LogP contribution in [0.15, 0.2) is 47.6 Å². The fourth-order valence-corrected chi connectivity index (χ4v) is 3.29. The molecule has 0 radical (unpaired) electrons. The van der Waals surface area contributed by atoms with Gasteiger partial charge in [-0.25, -0.2) is 5.43 Å². The van der Waals surface area contributed by atoms with E-state index in [1.807, 2.05) is 0 Å². The molecule has 29 heavy (non-hydrogen) atoms. The van der Waals surface area contributed by atoms with E-state index in [2.05, 4.69) is 20.8 Å². The van der Waals surface area contributed by atoms with Crippen molar-refractivity contribution in [2.75, 3.05) is 0 Å². The van der Waals surface area contributed by atoms with Crippen molar-refractivity contribution in [3.63, 3.8) is 0 Å². The number of benzene rings is 2. The van der Waals surface area contributed by atoms with E-state index >= 15 is 0 Å². The van der Waals surface area contributed by atoms with Crippen LogP contribution in [0.25, 0.3) is 10.9 Å². The zero-order valence-electron chi connectivity index (χ0n) is 15.2. The highest BCUT2D eigenvalue weighted by Crippen LogP contribution is 2.25. The number of rotatable bonds is 7. The topological polar surface area (TPSA) is 142 Å². The van der Waals surface area contributed by atoms with Gasteiger partial charge in [0.2, 0.25) is 0 Å². The summed E-state index contributed by atoms with van der Waals surface area (Å²) in [5.41, 5.74) is 17.9. The molecule has 0 fully saturated rings. The minimum atomic E-state index is -0.924. The molecule has 1 unspecified atom stereocenters. The second-order valence-corrected chi connectivity index (χ2v) is 7.15. The normalized spacial score (nSPS) is 12.7. The average molecular weight is 435 g/mol. The summed E-state index contributed by atoms with van der Waals surface area (Å²) >= 11 is 12.4. The number of phenolic OH excluding ortho intramolecular Hbond substituents is 1. The Kier molecular flexibility index (Phi) is 6.73. The lowest BCUT2D eigenvalue weighted by molar-refractivity contribution is -0.123. The van der Waals surface area contributed by atoms with E-state index in [0.29, 0.717) is 15.6 Å². The van der Waals surface area contributed by atoms with E-state index in [1.165, 1.54) is 6.21 Å². The Morgan fingerprint density at radius 3 is 2.66 bits per heavy atom. The maximum Gasteiger partial charge on any atom is 0.259 e. The summed E-state index contributed by atoms with van der Waals surface area (Å²) in [6, 6.07) is 9.20. The van der Waals surface area contributed by atoms with Crippen molar-refractivity contribution >= 4 is 46.2 Å². The minimum Gasteiger partial charge on any atom is -0.508 e. The number of fused-ring (bicyclic) bond motifs is 1. The van der Waals surface area contributed by atoms with Gasteiger partial charge in [-0.15, -0.1) is 0 Å². The molecule has 10 heteroatoms. The lowest BCUT2D eigenvalue weighted by Crippen LogP contribution is -2.55. The number of phenols is 1. The first-order chi connectivity index (χ1) is 13.8. The zero-order chi connectivity index (χ0) is 21.0. The monoisotopic (exact) mass is 434 g/mol. The maximum atomic E-state index is 12.6. The predicted octanol–water partition coefficient (Wildman–Crippen LogP) is 2.03. The van der Waals surface area contributed by atoms with Crippen LogP contribution in [0, 0.1) is 0 Å². The number of carbonyl (C=O) groups is 1. The number of nitrogens with zero attached hydrogens (tertiary/aromatic N) is 1. The van der Waals surface area contributed by atoms with Gasteiger partial charge in [0.25, 0.3) is 5.91 Å². The number of aliphatic imine (C=N–C) groups is 1. The predicted molar refractivity (Wildman–Crippen MR) is 115 cm³/mol. The number of carbonyl (C=O) groups excluding carboxylic acids is 1. The molecule has 1 amide bonds. The first-order valence-electron chi connectivity index (χ1n) is 8.68. The van der Waals surface area contributed by atoms with Crippen molar-refractivity contribution in [3.8, 4) is 5.75 Å². The van der Waals surface area contributed by atoms with Gasteiger partial charge in [-0.3, -0.25) is 15.2 Å². The second kappa shape index (κ2) is 9.25. The van der Waals surface area contributed by atoms with Crippen molar-refractivity contribution in [3.05, 3.63) is 63.8 Å². The van der Waals surface area contributed by atoms with Crippen LogP contribution in [-0.2, 0) is 11.2 Å². The van der Waals surface area contributed by atoms with Crippen LogP contribution in [0.5, 0.6) is 5.75 Å². The molecule has 0 saturated carbocycles. The van der Waals surface area contributed by atoms with Gasteiger partial charge in [0, 0.05) is 35.3 Å². The maximum absolute atomic E-state index is 12.6. The Hall–Kier alpha value is -2.62. The van der Waals surface area contributed by atoms with Crippen LogP contribution in [0.1, 0.15) is 11.1 Å². The third kappa shape index (κ3) is 5.26. The van der Waals surface area contributed by atoms with Crippen LogP contribution in [-0.4, -0.2) is 34.5 Å². The molecule has 0 aliphatic rings. The van der Waals surface area contributed by atoms with Crippen LogP contribution < -0.4 is 22.3 Å². The van der Waals surface area contributed by atoms with E-state index in [0.717, 1.165) is 16.5 Å². The summed E-state index contributed by atoms with van der Waals surface area (Å²) in [6.07, 6.45) is 2.55. The summed E-state index contributed by atoms with van der Waals surface area (Å²) in [7, 11) is 0. The quantitative estimate of drug-likeness (QED) is 0.191. The molecule has 0 bridgehead atoms. The van der Waals surface area contributed by atoms with Gasteiger partial charge >= 0.3 is 0 Å². The van der Waals surface area contributed by atoms with Crippen molar-refractivity contribution in [1.29, 1.82) is 0 Å². The van der Waals surface area contributed by atoms with Crippen LogP contribution in [0.2, 0.25) is 10.0 Å². The SMILES string of the molecule is NC(N)NNC(=O)C(Cc1c[nH]c2ccc(O)cc12)N=Cc1c(Cl)cccc1Cl. The number of H-pyrrole nitrogens is 1. The minimum absolute atomic E-state index is 0.126. The average Bonchev–Trinajstić information content (AvgIpc) is 3.06. The number of halogens is 2. The molecule has 3 aromatic rings. The van der Waals surface area contributed by atoms with Crippen molar-refractivity contribution < 1.29 is 9.90 Å². The third-order valence-electron chi connectivity index (χ3n) is 4.21. The Morgan fingerprint density at radius 1 is 1.24 bits per heavy atom. The van der Waals surface area contributed by atoms with Gasteiger partial charge in [0.1, 0.15) is 18.1 Å². The first kappa shape index (κ1) is 21.1. The molecule has 0 saturated heterocycles. The number of hydrazine groups is 1. The highest BCUT2D eigenvalue weighted by atomic mass is 35.5. The smallest absolute Gasteiger partial charge is 0.259 e. The third-order valence-corrected chi connectivity index (χ3v) is 4.87. The molecule has 0 spiro atoms. The molecule has 152 valence electrons. The van der Waals surface area contributed by atoms with Crippen LogP contribution >= 0.6 is 23.2 Å². The number of amides is 1. The van der Waals surface area contributed by atoms with Gasteiger partial charge in [-0.1, -0.05) is 29.3 Å². The summed E-state index contributed by atoms with van der Waals surface area (Å²) in [4.78, 5) is 20.1. The molecule has 1 atom stereocenters. The van der Waals surface area contributed by atoms with Crippen molar-refractivity contribution in [2.45, 2.75) is 18.8 Å². The number of hydrogen-bond acceptors (Lipinski definition) is 6. The van der Waals surface area contributed by atoms with Crippen LogP contribution in [0.3, 0.4) is 0 Å². The Morgan fingerprint density at radius 2 is 1.97 bits per heavy atom. The number of nitrogens with one attached hydrogen (secondary N) is 3.